The van der Waals surface area contributed by atoms with E-state index in [1.807, 2.05) is 37.3 Å². The van der Waals surface area contributed by atoms with E-state index in [1.165, 1.54) is 11.3 Å². The zero-order valence-electron chi connectivity index (χ0n) is 17.8. The third-order valence-corrected chi connectivity index (χ3v) is 7.40. The number of carbonyl (C=O) groups is 1. The summed E-state index contributed by atoms with van der Waals surface area (Å²) in [5, 5.41) is 4.62. The van der Waals surface area contributed by atoms with Gasteiger partial charge in [0.05, 0.1) is 12.8 Å². The van der Waals surface area contributed by atoms with Gasteiger partial charge in [-0.25, -0.2) is 5.09 Å². The number of para-hydroxylation sites is 1. The first kappa shape index (κ1) is 23.3. The number of ether oxygens (including phenoxy) is 1. The summed E-state index contributed by atoms with van der Waals surface area (Å²) in [6.07, 6.45) is 0.831. The van der Waals surface area contributed by atoms with E-state index in [0.29, 0.717) is 12.4 Å². The molecule has 0 aliphatic rings. The lowest BCUT2D eigenvalue weighted by molar-refractivity contribution is -0.145. The second-order valence-electron chi connectivity index (χ2n) is 7.00. The van der Waals surface area contributed by atoms with Crippen LogP contribution in [0.4, 0.5) is 0 Å². The second kappa shape index (κ2) is 10.8. The number of hydrogen-bond acceptors (Lipinski definition) is 7. The molecule has 9 heteroatoms. The predicted octanol–water partition coefficient (Wildman–Crippen LogP) is 5.12. The number of rotatable bonds is 11. The summed E-state index contributed by atoms with van der Waals surface area (Å²) in [6.45, 7) is 3.87. The zero-order valence-corrected chi connectivity index (χ0v) is 19.5. The van der Waals surface area contributed by atoms with Gasteiger partial charge in [0.2, 0.25) is 5.06 Å². The van der Waals surface area contributed by atoms with E-state index in [1.54, 1.807) is 38.2 Å². The molecule has 0 bridgehead atoms. The van der Waals surface area contributed by atoms with E-state index in [9.17, 15) is 9.36 Å². The Kier molecular flexibility index (Phi) is 8.09. The molecule has 0 fully saturated rings. The molecule has 1 aromatic heterocycles. The topological polar surface area (TPSA) is 85.9 Å². The zero-order chi connectivity index (χ0) is 22.3. The monoisotopic (exact) mass is 462 g/mol. The number of thiophene rings is 1. The lowest BCUT2D eigenvalue weighted by Gasteiger charge is -2.23. The average molecular weight is 463 g/mol. The van der Waals surface area contributed by atoms with Crippen LogP contribution in [0.5, 0.6) is 10.8 Å². The fourth-order valence-electron chi connectivity index (χ4n) is 2.99. The van der Waals surface area contributed by atoms with Crippen LogP contribution in [0.1, 0.15) is 25.8 Å². The molecule has 3 aromatic rings. The maximum absolute atomic E-state index is 13.8. The van der Waals surface area contributed by atoms with E-state index in [2.05, 4.69) is 10.6 Å². The molecule has 2 N–H and O–H groups in total. The summed E-state index contributed by atoms with van der Waals surface area (Å²) < 4.78 is 25.9. The summed E-state index contributed by atoms with van der Waals surface area (Å²) in [5.41, 5.74) is 3.49. The minimum absolute atomic E-state index is 0.112. The lowest BCUT2D eigenvalue weighted by atomic mass is 10.2. The van der Waals surface area contributed by atoms with Gasteiger partial charge in [-0.15, -0.1) is 0 Å². The summed E-state index contributed by atoms with van der Waals surface area (Å²) in [5.74, 6) is 0.00894. The molecule has 7 nitrogen and oxygen atoms in total. The van der Waals surface area contributed by atoms with Crippen molar-refractivity contribution in [3.8, 4) is 10.8 Å². The number of benzene rings is 2. The second-order valence-corrected chi connectivity index (χ2v) is 10.1. The average Bonchev–Trinajstić information content (AvgIpc) is 3.14. The highest BCUT2D eigenvalue weighted by molar-refractivity contribution is 7.56. The van der Waals surface area contributed by atoms with Crippen LogP contribution in [0.25, 0.3) is 10.1 Å². The Morgan fingerprint density at radius 1 is 1.16 bits per heavy atom. The normalized spacial score (nSPS) is 14.0. The van der Waals surface area contributed by atoms with Crippen LogP contribution in [0.2, 0.25) is 0 Å². The highest BCUT2D eigenvalue weighted by Gasteiger charge is 2.31. The summed E-state index contributed by atoms with van der Waals surface area (Å²) in [7, 11) is -1.78. The van der Waals surface area contributed by atoms with Crippen LogP contribution in [-0.4, -0.2) is 25.7 Å². The van der Waals surface area contributed by atoms with E-state index < -0.39 is 19.5 Å². The summed E-state index contributed by atoms with van der Waals surface area (Å²) in [4.78, 5) is 17.6. The predicted molar refractivity (Wildman–Crippen MR) is 124 cm³/mol. The van der Waals surface area contributed by atoms with Gasteiger partial charge in [-0.05, 0) is 48.6 Å². The van der Waals surface area contributed by atoms with Gasteiger partial charge in [0, 0.05) is 17.8 Å². The van der Waals surface area contributed by atoms with Gasteiger partial charge in [-0.3, -0.25) is 9.36 Å². The van der Waals surface area contributed by atoms with Gasteiger partial charge in [-0.1, -0.05) is 42.5 Å². The van der Waals surface area contributed by atoms with Crippen LogP contribution in [0, 0.1) is 0 Å². The van der Waals surface area contributed by atoms with Crippen LogP contribution < -0.4 is 19.9 Å². The first-order valence-electron chi connectivity index (χ1n) is 10.1. The quantitative estimate of drug-likeness (QED) is 0.232. The lowest BCUT2D eigenvalue weighted by Crippen LogP contribution is -2.35. The molecule has 31 heavy (non-hydrogen) atoms. The van der Waals surface area contributed by atoms with E-state index in [4.69, 9.17) is 14.1 Å². The van der Waals surface area contributed by atoms with Crippen LogP contribution in [-0.2, 0) is 20.3 Å². The van der Waals surface area contributed by atoms with E-state index >= 15 is 0 Å². The molecule has 166 valence electrons. The Morgan fingerprint density at radius 3 is 2.65 bits per heavy atom. The Hall–Kier alpha value is -2.38. The Labute approximate surface area is 186 Å². The van der Waals surface area contributed by atoms with Crippen LogP contribution in [0.3, 0.4) is 0 Å². The van der Waals surface area contributed by atoms with Crippen LogP contribution >= 0.6 is 18.9 Å². The summed E-state index contributed by atoms with van der Waals surface area (Å²) >= 11 is 1.51. The van der Waals surface area contributed by atoms with Crippen molar-refractivity contribution < 1.29 is 23.5 Å². The highest BCUT2D eigenvalue weighted by atomic mass is 32.1. The number of hydrogen-bond donors (Lipinski definition) is 2. The Morgan fingerprint density at radius 2 is 1.94 bits per heavy atom. The number of carbonyl (C=O) groups excluding carboxylic acids is 1. The van der Waals surface area contributed by atoms with Gasteiger partial charge in [0.15, 0.2) is 0 Å². The molecule has 3 rings (SSSR count). The van der Waals surface area contributed by atoms with Gasteiger partial charge < -0.3 is 14.1 Å². The van der Waals surface area contributed by atoms with Crippen molar-refractivity contribution >= 4 is 34.9 Å². The molecule has 0 spiro atoms. The molecule has 0 aliphatic heterocycles. The van der Waals surface area contributed by atoms with Crippen molar-refractivity contribution in [2.45, 2.75) is 32.5 Å². The fourth-order valence-corrected chi connectivity index (χ4v) is 5.93. The molecule has 0 saturated carbocycles. The van der Waals surface area contributed by atoms with Crippen molar-refractivity contribution in [2.24, 2.45) is 0 Å². The Balaban J connectivity index is 1.84. The van der Waals surface area contributed by atoms with Gasteiger partial charge in [0.25, 0.3) is 0 Å². The van der Waals surface area contributed by atoms with Crippen molar-refractivity contribution in [2.75, 3.05) is 13.7 Å². The number of esters is 1. The fraction of sp³-hybridized carbons (Fsp3) is 0.318. The van der Waals surface area contributed by atoms with Crippen LogP contribution in [0.15, 0.2) is 54.6 Å². The maximum Gasteiger partial charge on any atom is 0.323 e. The minimum atomic E-state index is -3.48. The third-order valence-electron chi connectivity index (χ3n) is 4.34. The third kappa shape index (κ3) is 6.55. The molecule has 0 radical (unpaired) electrons. The smallest absolute Gasteiger partial charge is 0.323 e. The number of nitrogens with one attached hydrogen (secondary N) is 2. The van der Waals surface area contributed by atoms with E-state index in [-0.39, 0.29) is 6.16 Å². The Bertz CT molecular complexity index is 1060. The molecular weight excluding hydrogens is 435 g/mol. The molecule has 0 saturated heterocycles. The van der Waals surface area contributed by atoms with E-state index in [0.717, 1.165) is 27.1 Å². The summed E-state index contributed by atoms with van der Waals surface area (Å²) in [6, 6.07) is 15.9. The molecule has 1 heterocycles. The highest BCUT2D eigenvalue weighted by Crippen LogP contribution is 2.47. The standard InChI is InChI=1S/C22H27N2O5PS/c1-4-12-27-22(25)16(2)24-30(26,29-19-8-6-5-7-9-19)15-17-10-11-20-18(13-17)14-21(31-20)28-23-3/h5-11,13-14,16,23H,4,12,15H2,1-3H3,(H,24,26). The van der Waals surface area contributed by atoms with Gasteiger partial charge >= 0.3 is 13.5 Å². The van der Waals surface area contributed by atoms with Crippen molar-refractivity contribution in [1.82, 2.24) is 10.6 Å². The van der Waals surface area contributed by atoms with Crippen molar-refractivity contribution in [3.05, 3.63) is 60.2 Å². The molecule has 2 unspecified atom stereocenters. The first-order chi connectivity index (χ1) is 14.9. The minimum Gasteiger partial charge on any atom is -0.465 e. The molecule has 0 aliphatic carbocycles. The SMILES string of the molecule is CCCOC(=O)C(C)NP(=O)(Cc1ccc2sc(ONC)cc2c1)Oc1ccccc1. The molecule has 0 amide bonds. The molecular formula is C22H27N2O5PS. The molecule has 2 aromatic carbocycles. The molecule has 2 atom stereocenters. The number of fused-ring (bicyclic) bond motifs is 1. The maximum atomic E-state index is 13.8. The van der Waals surface area contributed by atoms with Crippen molar-refractivity contribution in [3.63, 3.8) is 0 Å². The number of hydroxylamine groups is 1. The van der Waals surface area contributed by atoms with Gasteiger partial charge in [0.1, 0.15) is 11.8 Å². The first-order valence-corrected chi connectivity index (χ1v) is 12.7. The largest absolute Gasteiger partial charge is 0.465 e. The van der Waals surface area contributed by atoms with Gasteiger partial charge in [-0.2, -0.15) is 5.48 Å². The van der Waals surface area contributed by atoms with Crippen molar-refractivity contribution in [1.29, 1.82) is 0 Å².